The molecule has 0 radical (unpaired) electrons. The zero-order chi connectivity index (χ0) is 54.9. The zero-order valence-corrected chi connectivity index (χ0v) is 49.6. The highest BCUT2D eigenvalue weighted by Crippen LogP contribution is 2.19. The Balaban J connectivity index is 4.79. The van der Waals surface area contributed by atoms with Crippen LogP contribution in [-0.4, -0.2) is 149 Å². The van der Waals surface area contributed by atoms with Crippen LogP contribution in [0.4, 0.5) is 0 Å². The molecule has 0 spiro atoms. The van der Waals surface area contributed by atoms with Crippen LogP contribution in [0.3, 0.4) is 0 Å². The number of carbonyl (C=O) groups is 4. The molecule has 0 aromatic carbocycles. The Labute approximate surface area is 455 Å². The molecule has 0 saturated heterocycles. The smallest absolute Gasteiger partial charge is 0.243 e. The highest BCUT2D eigenvalue weighted by atomic mass is 16.5. The highest BCUT2D eigenvalue weighted by molar-refractivity contribution is 5.88. The molecule has 74 heavy (non-hydrogen) atoms. The molecule has 0 aromatic heterocycles. The van der Waals surface area contributed by atoms with Crippen molar-refractivity contribution in [1.29, 1.82) is 0 Å². The van der Waals surface area contributed by atoms with Gasteiger partial charge in [0.1, 0.15) is 12.1 Å². The molecule has 2 unspecified atom stereocenters. The van der Waals surface area contributed by atoms with Gasteiger partial charge < -0.3 is 39.7 Å². The number of hydrogen-bond donors (Lipinski definition) is 2. The van der Waals surface area contributed by atoms with Gasteiger partial charge in [-0.1, -0.05) is 154 Å². The summed E-state index contributed by atoms with van der Waals surface area (Å²) in [5, 5.41) is 6.07. The summed E-state index contributed by atoms with van der Waals surface area (Å²) in [7, 11) is 8.11. The highest BCUT2D eigenvalue weighted by Gasteiger charge is 2.33. The molecule has 0 saturated carbocycles. The summed E-state index contributed by atoms with van der Waals surface area (Å²) >= 11 is 0. The molecule has 2 N–H and O–H groups in total. The summed E-state index contributed by atoms with van der Waals surface area (Å²) in [6.45, 7) is 17.3. The lowest BCUT2D eigenvalue weighted by atomic mass is 10.00. The minimum absolute atomic E-state index is 0.0409. The van der Waals surface area contributed by atoms with Crippen molar-refractivity contribution in [3.8, 4) is 0 Å². The fourth-order valence-electron chi connectivity index (χ4n) is 9.05. The Morgan fingerprint density at radius 1 is 0.405 bits per heavy atom. The lowest BCUT2D eigenvalue weighted by Gasteiger charge is -2.34. The number of rotatable bonds is 51. The van der Waals surface area contributed by atoms with Crippen molar-refractivity contribution < 1.29 is 28.7 Å². The minimum atomic E-state index is -0.546. The molecule has 0 fully saturated rings. The van der Waals surface area contributed by atoms with Gasteiger partial charge in [0.25, 0.3) is 0 Å². The van der Waals surface area contributed by atoms with Crippen molar-refractivity contribution in [1.82, 2.24) is 30.2 Å². The monoisotopic (exact) mass is 1040 g/mol. The van der Waals surface area contributed by atoms with E-state index < -0.39 is 12.1 Å². The molecular formula is C62H116N6O6. The van der Waals surface area contributed by atoms with Gasteiger partial charge in [0, 0.05) is 39.0 Å². The van der Waals surface area contributed by atoms with E-state index in [9.17, 15) is 19.2 Å². The molecule has 12 heteroatoms. The molecule has 0 aliphatic rings. The number of amides is 4. The fraction of sp³-hybridized carbons (Fsp3) is 0.806. The zero-order valence-electron chi connectivity index (χ0n) is 49.6. The van der Waals surface area contributed by atoms with Crippen LogP contribution in [0.1, 0.15) is 208 Å². The molecule has 4 amide bonds. The van der Waals surface area contributed by atoms with Crippen molar-refractivity contribution in [2.75, 3.05) is 93.9 Å². The number of carbonyl (C=O) groups excluding carboxylic acids is 4. The average Bonchev–Trinajstić information content (AvgIpc) is 3.35. The van der Waals surface area contributed by atoms with E-state index in [-0.39, 0.29) is 35.5 Å². The van der Waals surface area contributed by atoms with Crippen LogP contribution in [0.5, 0.6) is 0 Å². The van der Waals surface area contributed by atoms with Gasteiger partial charge in [-0.25, -0.2) is 0 Å². The second kappa shape index (κ2) is 50.5. The Morgan fingerprint density at radius 3 is 1.05 bits per heavy atom. The first-order chi connectivity index (χ1) is 35.8. The fourth-order valence-corrected chi connectivity index (χ4v) is 9.05. The van der Waals surface area contributed by atoms with Gasteiger partial charge >= 0.3 is 0 Å². The first kappa shape index (κ1) is 70.7. The maximum absolute atomic E-state index is 13.7. The van der Waals surface area contributed by atoms with Crippen LogP contribution in [0.15, 0.2) is 48.6 Å². The quantitative estimate of drug-likeness (QED) is 0.0456. The molecule has 0 heterocycles. The number of allylic oxidation sites excluding steroid dienone is 8. The van der Waals surface area contributed by atoms with E-state index in [1.807, 2.05) is 65.7 Å². The molecule has 430 valence electrons. The molecular weight excluding hydrogens is 925 g/mol. The van der Waals surface area contributed by atoms with Gasteiger partial charge in [-0.2, -0.15) is 0 Å². The van der Waals surface area contributed by atoms with E-state index in [0.717, 1.165) is 90.1 Å². The first-order valence-corrected chi connectivity index (χ1v) is 30.0. The third-order valence-electron chi connectivity index (χ3n) is 13.3. The van der Waals surface area contributed by atoms with Crippen molar-refractivity contribution in [3.63, 3.8) is 0 Å². The lowest BCUT2D eigenvalue weighted by Crippen LogP contribution is -2.53. The van der Waals surface area contributed by atoms with Crippen LogP contribution in [0.2, 0.25) is 0 Å². The van der Waals surface area contributed by atoms with Crippen LogP contribution in [0, 0.1) is 11.8 Å². The van der Waals surface area contributed by atoms with Gasteiger partial charge in [-0.05, 0) is 143 Å². The normalized spacial score (nSPS) is 13.0. The second-order valence-electron chi connectivity index (χ2n) is 21.6. The van der Waals surface area contributed by atoms with E-state index in [1.165, 1.54) is 77.0 Å². The van der Waals surface area contributed by atoms with Crippen molar-refractivity contribution in [2.45, 2.75) is 221 Å². The van der Waals surface area contributed by atoms with Crippen molar-refractivity contribution >= 4 is 23.6 Å². The number of ether oxygens (including phenoxy) is 2. The van der Waals surface area contributed by atoms with Crippen LogP contribution in [-0.2, 0) is 28.7 Å². The van der Waals surface area contributed by atoms with Gasteiger partial charge in [0.2, 0.25) is 23.6 Å². The Bertz CT molecular complexity index is 1370. The SMILES string of the molecule is CCCCC/C=C\C/C=C\CCCCCCCC(=O)N(CCCN(C)C)C(C(=O)NCCOCCOCCNC(=O)C(C(C)C)N(CCCN(C)C)C(=O)CCCCCCC/C=C\C/C=C\CCCCC)C(C)C. The van der Waals surface area contributed by atoms with Gasteiger partial charge in [-0.15, -0.1) is 0 Å². The van der Waals surface area contributed by atoms with Crippen molar-refractivity contribution in [2.24, 2.45) is 11.8 Å². The molecule has 0 bridgehead atoms. The molecule has 0 aliphatic carbocycles. The third kappa shape index (κ3) is 40.9. The van der Waals surface area contributed by atoms with Crippen molar-refractivity contribution in [3.05, 3.63) is 48.6 Å². The van der Waals surface area contributed by atoms with E-state index in [2.05, 4.69) is 82.9 Å². The van der Waals surface area contributed by atoms with Crippen LogP contribution >= 0.6 is 0 Å². The summed E-state index contributed by atoms with van der Waals surface area (Å²) < 4.78 is 11.6. The molecule has 2 atom stereocenters. The standard InChI is InChI=1S/C62H116N6O6/c1-11-13-15-17-19-21-23-25-27-29-31-33-35-37-39-43-57(69)67(49-41-47-65(7)8)59(55(3)4)61(71)63-45-51-73-53-54-74-52-46-64-62(72)60(56(5)6)68(50-42-48-66(9)10)58(70)44-40-38-36-34-32-30-28-26-24-22-20-18-16-14-12-2/h19-22,25-28,55-56,59-60H,11-18,23-24,29-54H2,1-10H3,(H,63,71)(H,64,72)/b21-19-,22-20-,27-25-,28-26-. The summed E-state index contributed by atoms with van der Waals surface area (Å²) in [5.41, 5.74) is 0. The average molecular weight is 1040 g/mol. The number of nitrogens with zero attached hydrogens (tertiary/aromatic N) is 4. The number of unbranched alkanes of at least 4 members (excludes halogenated alkanes) is 16. The predicted molar refractivity (Wildman–Crippen MR) is 313 cm³/mol. The Morgan fingerprint density at radius 2 is 0.730 bits per heavy atom. The minimum Gasteiger partial charge on any atom is -0.377 e. The van der Waals surface area contributed by atoms with E-state index >= 15 is 0 Å². The topological polar surface area (TPSA) is 124 Å². The summed E-state index contributed by atoms with van der Waals surface area (Å²) in [5.74, 6) is -0.259. The van der Waals surface area contributed by atoms with E-state index in [0.29, 0.717) is 65.4 Å². The largest absolute Gasteiger partial charge is 0.377 e. The first-order valence-electron chi connectivity index (χ1n) is 30.0. The maximum Gasteiger partial charge on any atom is 0.243 e. The van der Waals surface area contributed by atoms with Crippen LogP contribution < -0.4 is 10.6 Å². The lowest BCUT2D eigenvalue weighted by molar-refractivity contribution is -0.142. The summed E-state index contributed by atoms with van der Waals surface area (Å²) in [6, 6.07) is -1.09. The predicted octanol–water partition coefficient (Wildman–Crippen LogP) is 12.5. The van der Waals surface area contributed by atoms with Gasteiger partial charge in [0.05, 0.1) is 26.4 Å². The summed E-state index contributed by atoms with van der Waals surface area (Å²) in [6.07, 6.45) is 45.8. The number of nitrogens with one attached hydrogen (secondary N) is 2. The Hall–Kier alpha value is -3.32. The second-order valence-corrected chi connectivity index (χ2v) is 21.6. The molecule has 0 rings (SSSR count). The van der Waals surface area contributed by atoms with Gasteiger partial charge in [0.15, 0.2) is 0 Å². The molecule has 12 nitrogen and oxygen atoms in total. The Kier molecular flexibility index (Phi) is 48.2. The van der Waals surface area contributed by atoms with Gasteiger partial charge in [-0.3, -0.25) is 19.2 Å². The maximum atomic E-state index is 13.7. The van der Waals surface area contributed by atoms with E-state index in [4.69, 9.17) is 9.47 Å². The summed E-state index contributed by atoms with van der Waals surface area (Å²) in [4.78, 5) is 62.5. The van der Waals surface area contributed by atoms with Crippen LogP contribution in [0.25, 0.3) is 0 Å². The number of hydrogen-bond acceptors (Lipinski definition) is 8. The third-order valence-corrected chi connectivity index (χ3v) is 13.3. The van der Waals surface area contributed by atoms with E-state index in [1.54, 1.807) is 0 Å². The molecule has 0 aromatic rings. The molecule has 0 aliphatic heterocycles.